The number of ether oxygens (including phenoxy) is 1. The summed E-state index contributed by atoms with van der Waals surface area (Å²) in [6.07, 6.45) is 9.86. The second kappa shape index (κ2) is 15.7. The predicted octanol–water partition coefficient (Wildman–Crippen LogP) is 4.96. The number of carbonyl (C=O) groups excluding carboxylic acids is 4. The maximum Gasteiger partial charge on any atom is 0.410 e. The molecule has 5 rings (SSSR count). The quantitative estimate of drug-likeness (QED) is 0.359. The highest BCUT2D eigenvalue weighted by Gasteiger charge is 2.40. The van der Waals surface area contributed by atoms with Crippen LogP contribution >= 0.6 is 0 Å². The van der Waals surface area contributed by atoms with Crippen LogP contribution in [0.2, 0.25) is 0 Å². The van der Waals surface area contributed by atoms with Crippen LogP contribution in [0.3, 0.4) is 0 Å². The van der Waals surface area contributed by atoms with Gasteiger partial charge in [0.25, 0.3) is 5.91 Å². The Hall–Kier alpha value is -3.96. The summed E-state index contributed by atoms with van der Waals surface area (Å²) in [7, 11) is 1.53. The highest BCUT2D eigenvalue weighted by Crippen LogP contribution is 2.30. The summed E-state index contributed by atoms with van der Waals surface area (Å²) >= 11 is 0. The number of amides is 4. The molecule has 0 unspecified atom stereocenters. The van der Waals surface area contributed by atoms with Gasteiger partial charge in [-0.2, -0.15) is 0 Å². The third-order valence-electron chi connectivity index (χ3n) is 10.2. The molecule has 2 aromatic rings. The number of imidazole rings is 1. The summed E-state index contributed by atoms with van der Waals surface area (Å²) in [5, 5.41) is 3.05. The van der Waals surface area contributed by atoms with Crippen LogP contribution in [0.25, 0.3) is 0 Å². The molecule has 1 aromatic heterocycles. The van der Waals surface area contributed by atoms with E-state index in [-0.39, 0.29) is 29.6 Å². The summed E-state index contributed by atoms with van der Waals surface area (Å²) in [5.41, 5.74) is 0.607. The van der Waals surface area contributed by atoms with E-state index < -0.39 is 29.7 Å². The molecule has 49 heavy (non-hydrogen) atoms. The zero-order chi connectivity index (χ0) is 35.3. The fraction of sp³-hybridized carbons (Fsp3) is 0.649. The van der Waals surface area contributed by atoms with Crippen molar-refractivity contribution in [2.24, 2.45) is 5.92 Å². The Morgan fingerprint density at radius 3 is 2.41 bits per heavy atom. The van der Waals surface area contributed by atoms with Gasteiger partial charge in [0, 0.05) is 51.9 Å². The molecular weight excluding hydrogens is 627 g/mol. The summed E-state index contributed by atoms with van der Waals surface area (Å²) < 4.78 is 21.1. The molecule has 3 aliphatic rings. The maximum atomic E-state index is 14.5. The number of benzene rings is 1. The molecule has 1 aliphatic carbocycles. The summed E-state index contributed by atoms with van der Waals surface area (Å²) in [6, 6.07) is 4.49. The van der Waals surface area contributed by atoms with Crippen LogP contribution < -0.4 is 5.32 Å². The second-order valence-electron chi connectivity index (χ2n) is 14.9. The molecule has 0 spiro atoms. The van der Waals surface area contributed by atoms with E-state index in [9.17, 15) is 23.6 Å². The van der Waals surface area contributed by atoms with Crippen molar-refractivity contribution in [2.75, 3.05) is 26.7 Å². The first-order chi connectivity index (χ1) is 23.3. The minimum atomic E-state index is -0.848. The first-order valence-corrected chi connectivity index (χ1v) is 18.0. The lowest BCUT2D eigenvalue weighted by Crippen LogP contribution is -2.58. The van der Waals surface area contributed by atoms with Gasteiger partial charge in [0.05, 0.1) is 0 Å². The minimum absolute atomic E-state index is 0.0189. The number of hydrogen-bond acceptors (Lipinski definition) is 6. The van der Waals surface area contributed by atoms with Crippen molar-refractivity contribution in [3.05, 3.63) is 53.4 Å². The van der Waals surface area contributed by atoms with E-state index in [1.807, 2.05) is 15.7 Å². The normalized spacial score (nSPS) is 19.2. The van der Waals surface area contributed by atoms with E-state index in [1.165, 1.54) is 24.1 Å². The Bertz CT molecular complexity index is 1460. The van der Waals surface area contributed by atoms with Gasteiger partial charge in [0.2, 0.25) is 11.8 Å². The smallest absolute Gasteiger partial charge is 0.410 e. The van der Waals surface area contributed by atoms with Crippen molar-refractivity contribution in [1.29, 1.82) is 0 Å². The molecule has 1 aromatic carbocycles. The molecule has 11 nitrogen and oxygen atoms in total. The third-order valence-corrected chi connectivity index (χ3v) is 10.2. The number of halogens is 1. The summed E-state index contributed by atoms with van der Waals surface area (Å²) in [6.45, 7) is 9.05. The Kier molecular flexibility index (Phi) is 11.7. The molecule has 1 saturated carbocycles. The highest BCUT2D eigenvalue weighted by atomic mass is 19.1. The van der Waals surface area contributed by atoms with Crippen LogP contribution in [0.1, 0.15) is 101 Å². The second-order valence-corrected chi connectivity index (χ2v) is 14.9. The van der Waals surface area contributed by atoms with E-state index in [2.05, 4.69) is 10.3 Å². The van der Waals surface area contributed by atoms with E-state index in [0.717, 1.165) is 75.7 Å². The number of nitrogens with one attached hydrogen (secondary N) is 1. The van der Waals surface area contributed by atoms with Crippen LogP contribution in [0.15, 0.2) is 30.5 Å². The van der Waals surface area contributed by atoms with Crippen LogP contribution in [-0.2, 0) is 33.7 Å². The number of hydrogen-bond donors (Lipinski definition) is 1. The number of nitrogens with zero attached hydrogens (tertiary/aromatic N) is 5. The van der Waals surface area contributed by atoms with Gasteiger partial charge < -0.3 is 24.4 Å². The molecule has 268 valence electrons. The van der Waals surface area contributed by atoms with Gasteiger partial charge in [-0.3, -0.25) is 19.3 Å². The van der Waals surface area contributed by atoms with Crippen molar-refractivity contribution in [2.45, 2.75) is 122 Å². The molecule has 12 heteroatoms. The van der Waals surface area contributed by atoms with Gasteiger partial charge in [-0.1, -0.05) is 31.4 Å². The van der Waals surface area contributed by atoms with Crippen molar-refractivity contribution >= 4 is 23.8 Å². The van der Waals surface area contributed by atoms with Crippen molar-refractivity contribution < 1.29 is 28.3 Å². The zero-order valence-electron chi connectivity index (χ0n) is 29.8. The Labute approximate surface area is 289 Å². The van der Waals surface area contributed by atoms with Gasteiger partial charge in [0.1, 0.15) is 35.0 Å². The number of likely N-dealkylation sites (tertiary alicyclic amines) is 1. The molecule has 3 heterocycles. The van der Waals surface area contributed by atoms with Gasteiger partial charge in [0.15, 0.2) is 0 Å². The summed E-state index contributed by atoms with van der Waals surface area (Å²) in [4.78, 5) is 64.4. The molecule has 0 bridgehead atoms. The van der Waals surface area contributed by atoms with Crippen LogP contribution in [0.4, 0.5) is 9.18 Å². The first kappa shape index (κ1) is 36.3. The lowest BCUT2D eigenvalue weighted by atomic mass is 9.83. The van der Waals surface area contributed by atoms with Crippen LogP contribution in [0.5, 0.6) is 0 Å². The fourth-order valence-electron chi connectivity index (χ4n) is 7.25. The lowest BCUT2D eigenvalue weighted by Gasteiger charge is -2.37. The first-order valence-electron chi connectivity index (χ1n) is 18.0. The minimum Gasteiger partial charge on any atom is -0.444 e. The lowest BCUT2D eigenvalue weighted by molar-refractivity contribution is -0.140. The van der Waals surface area contributed by atoms with Crippen LogP contribution in [-0.4, -0.2) is 98.5 Å². The number of likely N-dealkylation sites (N-methyl/N-ethyl adjacent to an activating group) is 1. The van der Waals surface area contributed by atoms with Gasteiger partial charge in [-0.15, -0.1) is 0 Å². The molecule has 0 radical (unpaired) electrons. The topological polar surface area (TPSA) is 117 Å². The zero-order valence-corrected chi connectivity index (χ0v) is 29.8. The molecular formula is C37H53FN6O5. The number of rotatable bonds is 11. The molecule has 4 amide bonds. The van der Waals surface area contributed by atoms with Crippen molar-refractivity contribution in [1.82, 2.24) is 29.6 Å². The van der Waals surface area contributed by atoms with Gasteiger partial charge >= 0.3 is 6.09 Å². The number of fused-ring (bicyclic) bond motifs is 1. The molecule has 2 fully saturated rings. The largest absolute Gasteiger partial charge is 0.444 e. The van der Waals surface area contributed by atoms with Crippen molar-refractivity contribution in [3.63, 3.8) is 0 Å². The molecule has 3 atom stereocenters. The Balaban J connectivity index is 1.33. The molecule has 1 N–H and O–H groups in total. The maximum absolute atomic E-state index is 14.5. The van der Waals surface area contributed by atoms with E-state index >= 15 is 0 Å². The number of carbonyl (C=O) groups is 4. The average Bonchev–Trinajstić information content (AvgIpc) is 3.82. The van der Waals surface area contributed by atoms with Crippen molar-refractivity contribution in [3.8, 4) is 0 Å². The standard InChI is InChI=1S/C37H53FN6O5/c1-25(41(5)36(48)49-37(2,3)4)33(45)40-32(27-11-7-6-8-12-27)35(47)44-21-9-13-29(44)23-43(22-19-26-15-17-28(38)18-16-26)34(46)30-24-42-20-10-14-31(42)39-30/h15-18,24-25,27,29,32H,6-14,19-23H2,1-5H3,(H,40,45)/t25-,29-,32-/m0/s1. The predicted molar refractivity (Wildman–Crippen MR) is 183 cm³/mol. The van der Waals surface area contributed by atoms with Crippen LogP contribution in [0, 0.1) is 11.7 Å². The Morgan fingerprint density at radius 1 is 1.02 bits per heavy atom. The van der Waals surface area contributed by atoms with E-state index in [0.29, 0.717) is 31.7 Å². The van der Waals surface area contributed by atoms with Gasteiger partial charge in [-0.05, 0) is 89.8 Å². The number of aryl methyl sites for hydroxylation is 2. The summed E-state index contributed by atoms with van der Waals surface area (Å²) in [5.74, 6) is -0.139. The fourth-order valence-corrected chi connectivity index (χ4v) is 7.25. The van der Waals surface area contributed by atoms with E-state index in [4.69, 9.17) is 4.74 Å². The third kappa shape index (κ3) is 9.19. The average molecular weight is 681 g/mol. The SMILES string of the molecule is C[C@@H](C(=O)N[C@H](C(=O)N1CCC[C@H]1CN(CCc1ccc(F)cc1)C(=O)c1cn2c(n1)CCC2)C1CCCCC1)N(C)C(=O)OC(C)(C)C. The van der Waals surface area contributed by atoms with Gasteiger partial charge in [-0.25, -0.2) is 14.2 Å². The highest BCUT2D eigenvalue weighted by molar-refractivity contribution is 5.93. The van der Waals surface area contributed by atoms with E-state index in [1.54, 1.807) is 44.7 Å². The monoisotopic (exact) mass is 680 g/mol. The molecule has 2 aliphatic heterocycles. The Morgan fingerprint density at radius 2 is 1.73 bits per heavy atom. The molecule has 1 saturated heterocycles. The number of aromatic nitrogens is 2.